The minimum absolute atomic E-state index is 0.0735. The standard InChI is InChI=1S/C24H27N3O3/c1-4-30-24(29)21-15-17-14-18(10-11-20(17)25-21)27(3)23(28)22-19(12-13-26(22)2)16-8-6-5-7-9-16/h5-11,14-15,19,22,25H,4,12-13H2,1-3H3/t19-,22-/m0/s1. The lowest BCUT2D eigenvalue weighted by Crippen LogP contribution is -2.45. The van der Waals surface area contributed by atoms with Gasteiger partial charge in [0, 0.05) is 29.6 Å². The summed E-state index contributed by atoms with van der Waals surface area (Å²) in [5, 5.41) is 0.870. The number of H-pyrrole nitrogens is 1. The molecule has 1 saturated heterocycles. The lowest BCUT2D eigenvalue weighted by Gasteiger charge is -2.29. The second-order valence-corrected chi connectivity index (χ2v) is 7.80. The molecule has 1 aromatic heterocycles. The number of anilines is 1. The lowest BCUT2D eigenvalue weighted by molar-refractivity contribution is -0.122. The van der Waals surface area contributed by atoms with E-state index in [0.29, 0.717) is 12.3 Å². The van der Waals surface area contributed by atoms with Gasteiger partial charge in [0.05, 0.1) is 12.6 Å². The van der Waals surface area contributed by atoms with Gasteiger partial charge in [-0.25, -0.2) is 4.79 Å². The fourth-order valence-electron chi connectivity index (χ4n) is 4.33. The third-order valence-corrected chi connectivity index (χ3v) is 5.95. The van der Waals surface area contributed by atoms with Gasteiger partial charge in [0.25, 0.3) is 0 Å². The van der Waals surface area contributed by atoms with Crippen LogP contribution in [0.4, 0.5) is 5.69 Å². The monoisotopic (exact) mass is 405 g/mol. The van der Waals surface area contributed by atoms with Crippen LogP contribution in [0.15, 0.2) is 54.6 Å². The molecule has 2 atom stereocenters. The van der Waals surface area contributed by atoms with Crippen molar-refractivity contribution in [3.05, 3.63) is 65.9 Å². The van der Waals surface area contributed by atoms with Crippen LogP contribution in [-0.4, -0.2) is 55.0 Å². The van der Waals surface area contributed by atoms with Crippen molar-refractivity contribution in [1.29, 1.82) is 0 Å². The van der Waals surface area contributed by atoms with Crippen molar-refractivity contribution < 1.29 is 14.3 Å². The van der Waals surface area contributed by atoms with Gasteiger partial charge in [0.1, 0.15) is 5.69 Å². The highest BCUT2D eigenvalue weighted by Gasteiger charge is 2.39. The number of hydrogen-bond donors (Lipinski definition) is 1. The number of amides is 1. The van der Waals surface area contributed by atoms with Crippen molar-refractivity contribution in [1.82, 2.24) is 9.88 Å². The number of nitrogens with zero attached hydrogens (tertiary/aromatic N) is 2. The van der Waals surface area contributed by atoms with Gasteiger partial charge in [-0.3, -0.25) is 9.69 Å². The SMILES string of the molecule is CCOC(=O)c1cc2cc(N(C)C(=O)[C@@H]3[C@H](c4ccccc4)CCN3C)ccc2[nH]1. The molecule has 1 amide bonds. The van der Waals surface area contributed by atoms with Crippen LogP contribution in [0, 0.1) is 0 Å². The predicted molar refractivity (Wildman–Crippen MR) is 118 cm³/mol. The topological polar surface area (TPSA) is 65.6 Å². The van der Waals surface area contributed by atoms with Crippen LogP contribution in [-0.2, 0) is 9.53 Å². The molecule has 1 aliphatic rings. The Balaban J connectivity index is 1.59. The minimum atomic E-state index is -0.377. The number of aromatic amines is 1. The van der Waals surface area contributed by atoms with Crippen molar-refractivity contribution in [2.75, 3.05) is 32.1 Å². The van der Waals surface area contributed by atoms with Crippen molar-refractivity contribution in [3.63, 3.8) is 0 Å². The molecule has 0 radical (unpaired) electrons. The molecule has 1 N–H and O–H groups in total. The second-order valence-electron chi connectivity index (χ2n) is 7.80. The van der Waals surface area contributed by atoms with E-state index in [4.69, 9.17) is 4.74 Å². The van der Waals surface area contributed by atoms with E-state index in [2.05, 4.69) is 22.0 Å². The van der Waals surface area contributed by atoms with Gasteiger partial charge in [-0.05, 0) is 56.8 Å². The number of likely N-dealkylation sites (tertiary alicyclic amines) is 1. The van der Waals surface area contributed by atoms with Crippen LogP contribution in [0.3, 0.4) is 0 Å². The number of carbonyl (C=O) groups is 2. The maximum absolute atomic E-state index is 13.5. The van der Waals surface area contributed by atoms with E-state index in [9.17, 15) is 9.59 Å². The summed E-state index contributed by atoms with van der Waals surface area (Å²) in [4.78, 5) is 32.4. The zero-order chi connectivity index (χ0) is 21.3. The van der Waals surface area contributed by atoms with Crippen LogP contribution in [0.25, 0.3) is 10.9 Å². The van der Waals surface area contributed by atoms with E-state index in [1.165, 1.54) is 5.56 Å². The number of fused-ring (bicyclic) bond motifs is 1. The van der Waals surface area contributed by atoms with E-state index >= 15 is 0 Å². The Morgan fingerprint density at radius 3 is 2.67 bits per heavy atom. The van der Waals surface area contributed by atoms with Gasteiger partial charge in [-0.15, -0.1) is 0 Å². The lowest BCUT2D eigenvalue weighted by atomic mass is 9.91. The van der Waals surface area contributed by atoms with Gasteiger partial charge < -0.3 is 14.6 Å². The molecule has 30 heavy (non-hydrogen) atoms. The third-order valence-electron chi connectivity index (χ3n) is 5.95. The zero-order valence-corrected chi connectivity index (χ0v) is 17.6. The predicted octanol–water partition coefficient (Wildman–Crippen LogP) is 3.80. The molecule has 6 heteroatoms. The van der Waals surface area contributed by atoms with Crippen molar-refractivity contribution >= 4 is 28.5 Å². The second kappa shape index (κ2) is 8.32. The number of rotatable bonds is 5. The molecule has 6 nitrogen and oxygen atoms in total. The molecule has 1 aliphatic heterocycles. The highest BCUT2D eigenvalue weighted by atomic mass is 16.5. The van der Waals surface area contributed by atoms with Crippen LogP contribution in [0.2, 0.25) is 0 Å². The first-order valence-corrected chi connectivity index (χ1v) is 10.3. The fourth-order valence-corrected chi connectivity index (χ4v) is 4.33. The summed E-state index contributed by atoms with van der Waals surface area (Å²) in [6.45, 7) is 3.00. The molecule has 0 saturated carbocycles. The Bertz CT molecular complexity index is 1060. The summed E-state index contributed by atoms with van der Waals surface area (Å²) in [5.74, 6) is -0.125. The molecule has 0 unspecified atom stereocenters. The first kappa shape index (κ1) is 20.2. The van der Waals surface area contributed by atoms with Crippen molar-refractivity contribution in [2.45, 2.75) is 25.3 Å². The number of nitrogens with one attached hydrogen (secondary N) is 1. The molecule has 3 aromatic rings. The number of carbonyl (C=O) groups excluding carboxylic acids is 2. The van der Waals surface area contributed by atoms with Crippen LogP contribution < -0.4 is 4.90 Å². The molecular formula is C24H27N3O3. The van der Waals surface area contributed by atoms with E-state index in [1.807, 2.05) is 50.5 Å². The van der Waals surface area contributed by atoms with Crippen molar-refractivity contribution in [2.24, 2.45) is 0 Å². The Hall–Kier alpha value is -3.12. The van der Waals surface area contributed by atoms with Gasteiger partial charge in [0.2, 0.25) is 5.91 Å². The maximum Gasteiger partial charge on any atom is 0.354 e. The summed E-state index contributed by atoms with van der Waals surface area (Å²) < 4.78 is 5.07. The van der Waals surface area contributed by atoms with E-state index in [1.54, 1.807) is 17.9 Å². The molecule has 2 aromatic carbocycles. The number of hydrogen-bond acceptors (Lipinski definition) is 4. The average molecular weight is 405 g/mol. The summed E-state index contributed by atoms with van der Waals surface area (Å²) >= 11 is 0. The fraction of sp³-hybridized carbons (Fsp3) is 0.333. The average Bonchev–Trinajstić information content (AvgIpc) is 3.36. The van der Waals surface area contributed by atoms with Crippen LogP contribution in [0.1, 0.15) is 35.3 Å². The Kier molecular flexibility index (Phi) is 5.59. The number of ether oxygens (including phenoxy) is 1. The third kappa shape index (κ3) is 3.71. The molecule has 0 aliphatic carbocycles. The first-order valence-electron chi connectivity index (χ1n) is 10.3. The summed E-state index contributed by atoms with van der Waals surface area (Å²) in [5.41, 5.74) is 3.25. The summed E-state index contributed by atoms with van der Waals surface area (Å²) in [6.07, 6.45) is 0.963. The Morgan fingerprint density at radius 1 is 1.17 bits per heavy atom. The smallest absolute Gasteiger partial charge is 0.354 e. The zero-order valence-electron chi connectivity index (χ0n) is 17.6. The molecule has 2 heterocycles. The summed E-state index contributed by atoms with van der Waals surface area (Å²) in [7, 11) is 3.83. The van der Waals surface area contributed by atoms with Crippen molar-refractivity contribution in [3.8, 4) is 0 Å². The summed E-state index contributed by atoms with van der Waals surface area (Å²) in [6, 6.07) is 17.6. The van der Waals surface area contributed by atoms with Crippen LogP contribution >= 0.6 is 0 Å². The van der Waals surface area contributed by atoms with E-state index < -0.39 is 0 Å². The maximum atomic E-state index is 13.5. The Morgan fingerprint density at radius 2 is 1.93 bits per heavy atom. The molecule has 0 spiro atoms. The molecule has 1 fully saturated rings. The van der Waals surface area contributed by atoms with Gasteiger partial charge in [-0.2, -0.15) is 0 Å². The number of benzene rings is 2. The normalized spacial score (nSPS) is 19.2. The molecule has 156 valence electrons. The highest BCUT2D eigenvalue weighted by Crippen LogP contribution is 2.34. The van der Waals surface area contributed by atoms with E-state index in [-0.39, 0.29) is 23.8 Å². The number of esters is 1. The van der Waals surface area contributed by atoms with Gasteiger partial charge in [-0.1, -0.05) is 30.3 Å². The van der Waals surface area contributed by atoms with Gasteiger partial charge >= 0.3 is 5.97 Å². The number of likely N-dealkylation sites (N-methyl/N-ethyl adjacent to an activating group) is 2. The molecular weight excluding hydrogens is 378 g/mol. The quantitative estimate of drug-likeness (QED) is 0.656. The van der Waals surface area contributed by atoms with Crippen LogP contribution in [0.5, 0.6) is 0 Å². The largest absolute Gasteiger partial charge is 0.461 e. The first-order chi connectivity index (χ1) is 14.5. The molecule has 0 bridgehead atoms. The molecule has 4 rings (SSSR count). The highest BCUT2D eigenvalue weighted by molar-refractivity contribution is 6.01. The van der Waals surface area contributed by atoms with E-state index in [0.717, 1.165) is 29.6 Å². The Labute approximate surface area is 176 Å². The minimum Gasteiger partial charge on any atom is -0.461 e. The number of aromatic nitrogens is 1. The van der Waals surface area contributed by atoms with Gasteiger partial charge in [0.15, 0.2) is 0 Å².